The summed E-state index contributed by atoms with van der Waals surface area (Å²) in [6.07, 6.45) is 5.57. The number of halogens is 2. The number of piperidine rings is 1. The molecule has 1 aliphatic heterocycles. The summed E-state index contributed by atoms with van der Waals surface area (Å²) < 4.78 is 14.2. The average molecular weight is 488 g/mol. The van der Waals surface area contributed by atoms with Crippen molar-refractivity contribution in [1.29, 1.82) is 0 Å². The molecule has 2 N–H and O–H groups in total. The molecule has 1 saturated heterocycles. The molecule has 1 heterocycles. The van der Waals surface area contributed by atoms with Crippen molar-refractivity contribution in [3.8, 4) is 0 Å². The molecule has 1 saturated carbocycles. The summed E-state index contributed by atoms with van der Waals surface area (Å²) >= 11 is 0. The van der Waals surface area contributed by atoms with Gasteiger partial charge in [0.05, 0.1) is 6.54 Å². The lowest BCUT2D eigenvalue weighted by molar-refractivity contribution is 0.206. The van der Waals surface area contributed by atoms with Crippen LogP contribution in [0.15, 0.2) is 29.3 Å². The molecule has 0 atom stereocenters. The highest BCUT2D eigenvalue weighted by atomic mass is 127. The maximum absolute atomic E-state index is 14.2. The van der Waals surface area contributed by atoms with Crippen LogP contribution in [0.25, 0.3) is 0 Å². The highest BCUT2D eigenvalue weighted by Gasteiger charge is 2.45. The second-order valence-electron chi connectivity index (χ2n) is 7.72. The SMILES string of the molecule is CCCN1CCC(NC(=NCC2(c3ccccc3F)CC2)NCC)CC1.I. The fourth-order valence-electron chi connectivity index (χ4n) is 3.92. The van der Waals surface area contributed by atoms with Gasteiger partial charge < -0.3 is 15.5 Å². The second kappa shape index (κ2) is 10.6. The lowest BCUT2D eigenvalue weighted by atomic mass is 9.95. The third-order valence-electron chi connectivity index (χ3n) is 5.65. The summed E-state index contributed by atoms with van der Waals surface area (Å²) in [5.41, 5.74) is 0.727. The lowest BCUT2D eigenvalue weighted by Crippen LogP contribution is -2.49. The molecule has 6 heteroatoms. The van der Waals surface area contributed by atoms with Crippen LogP contribution in [-0.2, 0) is 5.41 Å². The Kier molecular flexibility index (Phi) is 8.79. The van der Waals surface area contributed by atoms with Crippen LogP contribution < -0.4 is 10.6 Å². The summed E-state index contributed by atoms with van der Waals surface area (Å²) in [5, 5.41) is 6.97. The molecule has 152 valence electrons. The van der Waals surface area contributed by atoms with Gasteiger partial charge in [0.15, 0.2) is 5.96 Å². The first-order chi connectivity index (χ1) is 12.7. The molecular formula is C21H34FIN4. The van der Waals surface area contributed by atoms with E-state index in [1.54, 1.807) is 12.1 Å². The summed E-state index contributed by atoms with van der Waals surface area (Å²) in [6.45, 7) is 9.33. The number of hydrogen-bond donors (Lipinski definition) is 2. The van der Waals surface area contributed by atoms with Gasteiger partial charge >= 0.3 is 0 Å². The first-order valence-electron chi connectivity index (χ1n) is 10.2. The molecule has 0 amide bonds. The monoisotopic (exact) mass is 488 g/mol. The molecule has 4 nitrogen and oxygen atoms in total. The van der Waals surface area contributed by atoms with Gasteiger partial charge in [0.25, 0.3) is 0 Å². The Bertz CT molecular complexity index is 610. The van der Waals surface area contributed by atoms with Crippen molar-refractivity contribution in [3.63, 3.8) is 0 Å². The number of benzene rings is 1. The van der Waals surface area contributed by atoms with Gasteiger partial charge in [-0.15, -0.1) is 24.0 Å². The largest absolute Gasteiger partial charge is 0.357 e. The minimum Gasteiger partial charge on any atom is -0.357 e. The van der Waals surface area contributed by atoms with Crippen molar-refractivity contribution in [3.05, 3.63) is 35.6 Å². The number of nitrogens with one attached hydrogen (secondary N) is 2. The average Bonchev–Trinajstić information content (AvgIpc) is 3.43. The third-order valence-corrected chi connectivity index (χ3v) is 5.65. The molecule has 1 aliphatic carbocycles. The van der Waals surface area contributed by atoms with Crippen LogP contribution in [0.5, 0.6) is 0 Å². The summed E-state index contributed by atoms with van der Waals surface area (Å²) in [6, 6.07) is 7.64. The molecule has 1 aromatic rings. The third kappa shape index (κ3) is 6.04. The normalized spacial score (nSPS) is 20.0. The Morgan fingerprint density at radius 1 is 1.22 bits per heavy atom. The van der Waals surface area contributed by atoms with Crippen molar-refractivity contribution in [2.24, 2.45) is 4.99 Å². The van der Waals surface area contributed by atoms with E-state index in [9.17, 15) is 4.39 Å². The number of rotatable bonds is 7. The van der Waals surface area contributed by atoms with E-state index in [0.29, 0.717) is 12.6 Å². The highest BCUT2D eigenvalue weighted by Crippen LogP contribution is 2.49. The van der Waals surface area contributed by atoms with Crippen molar-refractivity contribution in [2.45, 2.75) is 57.4 Å². The van der Waals surface area contributed by atoms with Crippen molar-refractivity contribution < 1.29 is 4.39 Å². The minimum atomic E-state index is -0.0990. The predicted octanol–water partition coefficient (Wildman–Crippen LogP) is 3.90. The van der Waals surface area contributed by atoms with Gasteiger partial charge in [-0.25, -0.2) is 4.39 Å². The maximum Gasteiger partial charge on any atom is 0.191 e. The number of likely N-dealkylation sites (tertiary alicyclic amines) is 1. The molecule has 0 aromatic heterocycles. The van der Waals surface area contributed by atoms with Crippen molar-refractivity contribution >= 4 is 29.9 Å². The summed E-state index contributed by atoms with van der Waals surface area (Å²) in [5.74, 6) is 0.783. The van der Waals surface area contributed by atoms with Crippen molar-refractivity contribution in [2.75, 3.05) is 32.7 Å². The Morgan fingerprint density at radius 2 is 1.93 bits per heavy atom. The molecule has 1 aromatic carbocycles. The van der Waals surface area contributed by atoms with E-state index in [1.807, 2.05) is 12.1 Å². The summed E-state index contributed by atoms with van der Waals surface area (Å²) in [4.78, 5) is 7.37. The van der Waals surface area contributed by atoms with Crippen molar-refractivity contribution in [1.82, 2.24) is 15.5 Å². The van der Waals surface area contributed by atoms with Gasteiger partial charge in [0.2, 0.25) is 0 Å². The van der Waals surface area contributed by atoms with Gasteiger partial charge in [-0.3, -0.25) is 4.99 Å². The molecule has 0 radical (unpaired) electrons. The molecule has 3 rings (SSSR count). The van der Waals surface area contributed by atoms with Gasteiger partial charge in [0, 0.05) is 31.1 Å². The van der Waals surface area contributed by atoms with E-state index < -0.39 is 0 Å². The van der Waals surface area contributed by atoms with Crippen LogP contribution in [-0.4, -0.2) is 49.6 Å². The Labute approximate surface area is 180 Å². The maximum atomic E-state index is 14.2. The van der Waals surface area contributed by atoms with E-state index in [4.69, 9.17) is 4.99 Å². The Morgan fingerprint density at radius 3 is 2.52 bits per heavy atom. The zero-order valence-corrected chi connectivity index (χ0v) is 19.0. The van der Waals surface area contributed by atoms with Gasteiger partial charge in [0.1, 0.15) is 5.82 Å². The van der Waals surface area contributed by atoms with E-state index in [2.05, 4.69) is 29.4 Å². The molecule has 2 fully saturated rings. The highest BCUT2D eigenvalue weighted by molar-refractivity contribution is 14.0. The Hall–Kier alpha value is -0.890. The zero-order chi connectivity index (χ0) is 18.4. The molecule has 27 heavy (non-hydrogen) atoms. The van der Waals surface area contributed by atoms with Gasteiger partial charge in [-0.05, 0) is 57.2 Å². The van der Waals surface area contributed by atoms with Gasteiger partial charge in [-0.1, -0.05) is 25.1 Å². The van der Waals surface area contributed by atoms with Crippen LogP contribution >= 0.6 is 24.0 Å². The zero-order valence-electron chi connectivity index (χ0n) is 16.6. The van der Waals surface area contributed by atoms with E-state index in [-0.39, 0.29) is 35.2 Å². The fraction of sp³-hybridized carbons (Fsp3) is 0.667. The van der Waals surface area contributed by atoms with Crippen LogP contribution in [0.2, 0.25) is 0 Å². The standard InChI is InChI=1S/C21H33FN4.HI/c1-3-13-26-14-9-17(10-15-26)25-20(23-4-2)24-16-21(11-12-21)18-7-5-6-8-19(18)22;/h5-8,17H,3-4,9-16H2,1-2H3,(H2,23,24,25);1H. The van der Waals surface area contributed by atoms with E-state index >= 15 is 0 Å². The first kappa shape index (κ1) is 22.4. The van der Waals surface area contributed by atoms with E-state index in [1.165, 1.54) is 13.0 Å². The Balaban J connectivity index is 0.00000261. The van der Waals surface area contributed by atoms with E-state index in [0.717, 1.165) is 56.8 Å². The minimum absolute atomic E-state index is 0. The second-order valence-corrected chi connectivity index (χ2v) is 7.72. The molecular weight excluding hydrogens is 454 g/mol. The lowest BCUT2D eigenvalue weighted by Gasteiger charge is -2.33. The number of nitrogens with zero attached hydrogens (tertiary/aromatic N) is 2. The van der Waals surface area contributed by atoms with Gasteiger partial charge in [-0.2, -0.15) is 0 Å². The predicted molar refractivity (Wildman–Crippen MR) is 122 cm³/mol. The quantitative estimate of drug-likeness (QED) is 0.348. The van der Waals surface area contributed by atoms with Crippen LogP contribution in [0.4, 0.5) is 4.39 Å². The topological polar surface area (TPSA) is 39.7 Å². The smallest absolute Gasteiger partial charge is 0.191 e. The molecule has 0 spiro atoms. The number of hydrogen-bond acceptors (Lipinski definition) is 2. The molecule has 0 bridgehead atoms. The van der Waals surface area contributed by atoms with Crippen LogP contribution in [0.3, 0.4) is 0 Å². The van der Waals surface area contributed by atoms with Crippen LogP contribution in [0.1, 0.15) is 51.5 Å². The van der Waals surface area contributed by atoms with Crippen LogP contribution in [0, 0.1) is 5.82 Å². The molecule has 0 unspecified atom stereocenters. The number of aliphatic imine (C=N–C) groups is 1. The number of guanidine groups is 1. The molecule has 2 aliphatic rings. The fourth-order valence-corrected chi connectivity index (χ4v) is 3.92. The first-order valence-corrected chi connectivity index (χ1v) is 10.2. The summed E-state index contributed by atoms with van der Waals surface area (Å²) in [7, 11) is 0.